The van der Waals surface area contributed by atoms with Crippen molar-refractivity contribution in [2.75, 3.05) is 7.05 Å². The van der Waals surface area contributed by atoms with E-state index in [9.17, 15) is 0 Å². The molecule has 2 rings (SSSR count). The molecule has 1 saturated carbocycles. The summed E-state index contributed by atoms with van der Waals surface area (Å²) in [6.45, 7) is 4.72. The zero-order valence-corrected chi connectivity index (χ0v) is 13.1. The molecule has 0 bridgehead atoms. The Morgan fingerprint density at radius 2 is 1.53 bits per heavy atom. The second-order valence-corrected chi connectivity index (χ2v) is 6.67. The SMILES string of the molecule is CNC(c1ccc(Cl)cc1)C1CCC(C(C)C)CC1. The van der Waals surface area contributed by atoms with Gasteiger partial charge in [-0.25, -0.2) is 0 Å². The Morgan fingerprint density at radius 1 is 1.00 bits per heavy atom. The number of hydrogen-bond donors (Lipinski definition) is 1. The van der Waals surface area contributed by atoms with E-state index in [-0.39, 0.29) is 0 Å². The van der Waals surface area contributed by atoms with Crippen LogP contribution >= 0.6 is 11.6 Å². The first kappa shape index (κ1) is 14.9. The Morgan fingerprint density at radius 3 is 2.00 bits per heavy atom. The Hall–Kier alpha value is -0.530. The van der Waals surface area contributed by atoms with Crippen molar-refractivity contribution in [1.29, 1.82) is 0 Å². The normalized spacial score (nSPS) is 25.5. The van der Waals surface area contributed by atoms with E-state index in [1.54, 1.807) is 0 Å². The minimum atomic E-state index is 0.477. The molecule has 0 amide bonds. The van der Waals surface area contributed by atoms with Gasteiger partial charge in [-0.15, -0.1) is 0 Å². The van der Waals surface area contributed by atoms with Crippen molar-refractivity contribution in [3.05, 3.63) is 34.9 Å². The van der Waals surface area contributed by atoms with E-state index >= 15 is 0 Å². The lowest BCUT2D eigenvalue weighted by Gasteiger charge is -2.35. The fourth-order valence-electron chi connectivity index (χ4n) is 3.49. The zero-order chi connectivity index (χ0) is 13.8. The molecular formula is C17H26ClN. The van der Waals surface area contributed by atoms with Crippen molar-refractivity contribution < 1.29 is 0 Å². The van der Waals surface area contributed by atoms with Gasteiger partial charge in [0, 0.05) is 11.1 Å². The lowest BCUT2D eigenvalue weighted by molar-refractivity contribution is 0.192. The maximum atomic E-state index is 5.98. The molecule has 0 aliphatic heterocycles. The van der Waals surface area contributed by atoms with Crippen molar-refractivity contribution in [3.8, 4) is 0 Å². The molecule has 1 N–H and O–H groups in total. The van der Waals surface area contributed by atoms with Gasteiger partial charge in [0.2, 0.25) is 0 Å². The molecule has 0 saturated heterocycles. The van der Waals surface area contributed by atoms with Gasteiger partial charge in [0.1, 0.15) is 0 Å². The average molecular weight is 280 g/mol. The monoisotopic (exact) mass is 279 g/mol. The molecule has 1 aliphatic rings. The molecule has 0 spiro atoms. The number of nitrogens with one attached hydrogen (secondary N) is 1. The zero-order valence-electron chi connectivity index (χ0n) is 12.3. The molecule has 1 aromatic carbocycles. The summed E-state index contributed by atoms with van der Waals surface area (Å²) in [7, 11) is 2.08. The van der Waals surface area contributed by atoms with E-state index in [0.29, 0.717) is 6.04 Å². The molecule has 0 aromatic heterocycles. The lowest BCUT2D eigenvalue weighted by atomic mass is 9.73. The Labute approximate surface area is 122 Å². The van der Waals surface area contributed by atoms with Crippen molar-refractivity contribution in [2.45, 2.75) is 45.6 Å². The van der Waals surface area contributed by atoms with Gasteiger partial charge in [0.05, 0.1) is 0 Å². The molecule has 1 nitrogen and oxygen atoms in total. The summed E-state index contributed by atoms with van der Waals surface area (Å²) in [5, 5.41) is 4.33. The first-order valence-electron chi connectivity index (χ1n) is 7.54. The molecule has 106 valence electrons. The third-order valence-electron chi connectivity index (χ3n) is 4.77. The number of halogens is 1. The van der Waals surface area contributed by atoms with Gasteiger partial charge < -0.3 is 5.32 Å². The van der Waals surface area contributed by atoms with E-state index in [0.717, 1.165) is 22.8 Å². The highest BCUT2D eigenvalue weighted by molar-refractivity contribution is 6.30. The van der Waals surface area contributed by atoms with Crippen LogP contribution < -0.4 is 5.32 Å². The van der Waals surface area contributed by atoms with Crippen LogP contribution in [0.1, 0.15) is 51.1 Å². The Balaban J connectivity index is 2.01. The highest BCUT2D eigenvalue weighted by atomic mass is 35.5. The topological polar surface area (TPSA) is 12.0 Å². The molecule has 19 heavy (non-hydrogen) atoms. The fraction of sp³-hybridized carbons (Fsp3) is 0.647. The molecule has 1 aliphatic carbocycles. The summed E-state index contributed by atoms with van der Waals surface area (Å²) >= 11 is 5.98. The van der Waals surface area contributed by atoms with Gasteiger partial charge in [-0.05, 0) is 68.2 Å². The molecule has 2 heteroatoms. The highest BCUT2D eigenvalue weighted by Gasteiger charge is 2.28. The predicted molar refractivity (Wildman–Crippen MR) is 83.5 cm³/mol. The highest BCUT2D eigenvalue weighted by Crippen LogP contribution is 2.39. The van der Waals surface area contributed by atoms with Crippen LogP contribution in [-0.4, -0.2) is 7.05 Å². The van der Waals surface area contributed by atoms with Gasteiger partial charge in [-0.1, -0.05) is 37.6 Å². The molecule has 1 fully saturated rings. The average Bonchev–Trinajstić information content (AvgIpc) is 2.42. The van der Waals surface area contributed by atoms with Crippen LogP contribution in [0.15, 0.2) is 24.3 Å². The second kappa shape index (κ2) is 6.76. The molecule has 1 atom stereocenters. The standard InChI is InChI=1S/C17H26ClN/c1-12(2)13-4-6-14(7-5-13)17(19-3)15-8-10-16(18)11-9-15/h8-14,17,19H,4-7H2,1-3H3. The summed E-state index contributed by atoms with van der Waals surface area (Å²) in [6, 6.07) is 8.81. The first-order valence-corrected chi connectivity index (χ1v) is 7.92. The third-order valence-corrected chi connectivity index (χ3v) is 5.02. The largest absolute Gasteiger partial charge is 0.313 e. The van der Waals surface area contributed by atoms with Crippen molar-refractivity contribution in [2.24, 2.45) is 17.8 Å². The van der Waals surface area contributed by atoms with Crippen LogP contribution in [0, 0.1) is 17.8 Å². The number of rotatable bonds is 4. The molecule has 1 aromatic rings. The van der Waals surface area contributed by atoms with Gasteiger partial charge in [0.15, 0.2) is 0 Å². The van der Waals surface area contributed by atoms with Crippen molar-refractivity contribution >= 4 is 11.6 Å². The van der Waals surface area contributed by atoms with Gasteiger partial charge in [-0.3, -0.25) is 0 Å². The third kappa shape index (κ3) is 3.73. The predicted octanol–water partition coefficient (Wildman–Crippen LogP) is 5.06. The van der Waals surface area contributed by atoms with E-state index in [2.05, 4.69) is 38.3 Å². The van der Waals surface area contributed by atoms with E-state index in [4.69, 9.17) is 11.6 Å². The van der Waals surface area contributed by atoms with Crippen LogP contribution in [0.3, 0.4) is 0 Å². The van der Waals surface area contributed by atoms with Crippen LogP contribution in [0.25, 0.3) is 0 Å². The second-order valence-electron chi connectivity index (χ2n) is 6.24. The van der Waals surface area contributed by atoms with Gasteiger partial charge in [0.25, 0.3) is 0 Å². The van der Waals surface area contributed by atoms with Crippen LogP contribution in [0.2, 0.25) is 5.02 Å². The number of hydrogen-bond acceptors (Lipinski definition) is 1. The van der Waals surface area contributed by atoms with Crippen LogP contribution in [0.4, 0.5) is 0 Å². The van der Waals surface area contributed by atoms with Crippen molar-refractivity contribution in [3.63, 3.8) is 0 Å². The molecular weight excluding hydrogens is 254 g/mol. The quantitative estimate of drug-likeness (QED) is 0.812. The summed E-state index contributed by atoms with van der Waals surface area (Å²) in [6.07, 6.45) is 5.45. The summed E-state index contributed by atoms with van der Waals surface area (Å²) in [5.74, 6) is 2.53. The van der Waals surface area contributed by atoms with E-state index in [1.165, 1.54) is 31.2 Å². The minimum absolute atomic E-state index is 0.477. The lowest BCUT2D eigenvalue weighted by Crippen LogP contribution is -2.29. The Kier molecular flexibility index (Phi) is 5.29. The summed E-state index contributed by atoms with van der Waals surface area (Å²) < 4.78 is 0. The molecule has 0 radical (unpaired) electrons. The molecule has 1 unspecified atom stereocenters. The smallest absolute Gasteiger partial charge is 0.0406 e. The van der Waals surface area contributed by atoms with E-state index in [1.807, 2.05) is 12.1 Å². The minimum Gasteiger partial charge on any atom is -0.313 e. The fourth-order valence-corrected chi connectivity index (χ4v) is 3.62. The maximum absolute atomic E-state index is 5.98. The van der Waals surface area contributed by atoms with Gasteiger partial charge in [-0.2, -0.15) is 0 Å². The van der Waals surface area contributed by atoms with E-state index < -0.39 is 0 Å². The first-order chi connectivity index (χ1) is 9.11. The Bertz CT molecular complexity index is 377. The van der Waals surface area contributed by atoms with Crippen LogP contribution in [0.5, 0.6) is 0 Å². The van der Waals surface area contributed by atoms with Crippen LogP contribution in [-0.2, 0) is 0 Å². The maximum Gasteiger partial charge on any atom is 0.0406 e. The van der Waals surface area contributed by atoms with Crippen molar-refractivity contribution in [1.82, 2.24) is 5.32 Å². The summed E-state index contributed by atoms with van der Waals surface area (Å²) in [4.78, 5) is 0. The summed E-state index contributed by atoms with van der Waals surface area (Å²) in [5.41, 5.74) is 1.37. The van der Waals surface area contributed by atoms with Gasteiger partial charge >= 0.3 is 0 Å². The number of benzene rings is 1. The molecule has 0 heterocycles.